The molecule has 0 unspecified atom stereocenters. The molecule has 0 amide bonds. The molecular formula is C36H34Cl2N4O5S. The summed E-state index contributed by atoms with van der Waals surface area (Å²) in [5.74, 6) is 0.523. The van der Waals surface area contributed by atoms with E-state index in [0.717, 1.165) is 27.6 Å². The largest absolute Gasteiger partial charge is 0.482 e. The number of carbonyl (C=O) groups excluding carboxylic acids is 1. The van der Waals surface area contributed by atoms with E-state index >= 15 is 0 Å². The maximum Gasteiger partial charge on any atom is 0.344 e. The van der Waals surface area contributed by atoms with Crippen LogP contribution in [0.15, 0.2) is 102 Å². The van der Waals surface area contributed by atoms with Crippen molar-refractivity contribution in [2.24, 2.45) is 0 Å². The van der Waals surface area contributed by atoms with Crippen molar-refractivity contribution >= 4 is 55.9 Å². The lowest BCUT2D eigenvalue weighted by Gasteiger charge is -2.32. The summed E-state index contributed by atoms with van der Waals surface area (Å²) in [5, 5.41) is 5.79. The van der Waals surface area contributed by atoms with Crippen molar-refractivity contribution in [1.29, 1.82) is 0 Å². The third-order valence-corrected chi connectivity index (χ3v) is 10.7. The van der Waals surface area contributed by atoms with E-state index in [4.69, 9.17) is 32.7 Å². The number of rotatable bonds is 11. The highest BCUT2D eigenvalue weighted by Gasteiger charge is 2.30. The van der Waals surface area contributed by atoms with Gasteiger partial charge >= 0.3 is 5.97 Å². The Labute approximate surface area is 289 Å². The fraction of sp³-hybridized carbons (Fsp3) is 0.250. The molecule has 2 heterocycles. The van der Waals surface area contributed by atoms with E-state index in [9.17, 15) is 13.2 Å². The number of sulfonamides is 1. The summed E-state index contributed by atoms with van der Waals surface area (Å²) in [7, 11) is -3.71. The van der Waals surface area contributed by atoms with Gasteiger partial charge < -0.3 is 14.8 Å². The fourth-order valence-corrected chi connectivity index (χ4v) is 7.61. The third kappa shape index (κ3) is 7.73. The number of anilines is 1. The summed E-state index contributed by atoms with van der Waals surface area (Å²) in [6.07, 6.45) is 2.74. The normalized spacial score (nSPS) is 14.2. The maximum absolute atomic E-state index is 13.4. The van der Waals surface area contributed by atoms with Gasteiger partial charge in [-0.15, -0.1) is 0 Å². The summed E-state index contributed by atoms with van der Waals surface area (Å²) in [5.41, 5.74) is 4.03. The van der Waals surface area contributed by atoms with Crippen molar-refractivity contribution in [2.75, 3.05) is 31.6 Å². The van der Waals surface area contributed by atoms with Gasteiger partial charge in [0.05, 0.1) is 17.0 Å². The molecule has 0 radical (unpaired) electrons. The highest BCUT2D eigenvalue weighted by Crippen LogP contribution is 2.36. The number of esters is 1. The van der Waals surface area contributed by atoms with E-state index in [-0.39, 0.29) is 30.1 Å². The molecule has 6 rings (SSSR count). The van der Waals surface area contributed by atoms with Crippen LogP contribution in [0.4, 0.5) is 5.82 Å². The van der Waals surface area contributed by atoms with Crippen LogP contribution in [-0.4, -0.2) is 61.0 Å². The molecule has 1 aromatic heterocycles. The topological polar surface area (TPSA) is 111 Å². The zero-order valence-electron chi connectivity index (χ0n) is 26.2. The van der Waals surface area contributed by atoms with E-state index in [1.165, 1.54) is 16.4 Å². The summed E-state index contributed by atoms with van der Waals surface area (Å²) < 4.78 is 38.6. The van der Waals surface area contributed by atoms with Gasteiger partial charge in [-0.3, -0.25) is 0 Å². The van der Waals surface area contributed by atoms with E-state index in [1.54, 1.807) is 25.4 Å². The van der Waals surface area contributed by atoms with Crippen LogP contribution in [-0.2, 0) is 19.6 Å². The van der Waals surface area contributed by atoms with Crippen LogP contribution in [0.2, 0.25) is 10.0 Å². The van der Waals surface area contributed by atoms with E-state index in [1.807, 2.05) is 54.6 Å². The molecule has 1 aliphatic rings. The Balaban J connectivity index is 1.17. The van der Waals surface area contributed by atoms with Gasteiger partial charge in [0.2, 0.25) is 10.0 Å². The molecule has 0 bridgehead atoms. The molecule has 1 fully saturated rings. The number of hydrogen-bond donors (Lipinski definition) is 1. The quantitative estimate of drug-likeness (QED) is 0.112. The zero-order valence-corrected chi connectivity index (χ0v) is 28.5. The van der Waals surface area contributed by atoms with Crippen LogP contribution in [0.5, 0.6) is 5.75 Å². The highest BCUT2D eigenvalue weighted by atomic mass is 35.5. The lowest BCUT2D eigenvalue weighted by Crippen LogP contribution is -2.42. The predicted molar refractivity (Wildman–Crippen MR) is 187 cm³/mol. The second-order valence-electron chi connectivity index (χ2n) is 11.4. The van der Waals surface area contributed by atoms with Crippen LogP contribution in [0.25, 0.3) is 10.9 Å². The van der Waals surface area contributed by atoms with Gasteiger partial charge in [0.25, 0.3) is 0 Å². The lowest BCUT2D eigenvalue weighted by molar-refractivity contribution is -0.145. The second-order valence-corrected chi connectivity index (χ2v) is 14.2. The predicted octanol–water partition coefficient (Wildman–Crippen LogP) is 7.32. The number of carbonyl (C=O) groups is 1. The first kappa shape index (κ1) is 33.7. The molecule has 5 aromatic rings. The molecule has 0 aliphatic carbocycles. The Kier molecular flexibility index (Phi) is 10.5. The molecule has 0 saturated carbocycles. The molecule has 9 nitrogen and oxygen atoms in total. The number of fused-ring (bicyclic) bond motifs is 1. The minimum Gasteiger partial charge on any atom is -0.482 e. The van der Waals surface area contributed by atoms with Gasteiger partial charge in [0.15, 0.2) is 6.61 Å². The summed E-state index contributed by atoms with van der Waals surface area (Å²) in [6.45, 7) is 2.44. The van der Waals surface area contributed by atoms with Crippen LogP contribution < -0.4 is 10.1 Å². The molecule has 4 aromatic carbocycles. The van der Waals surface area contributed by atoms with Crippen LogP contribution in [0.3, 0.4) is 0 Å². The van der Waals surface area contributed by atoms with Gasteiger partial charge in [-0.05, 0) is 97.1 Å². The van der Waals surface area contributed by atoms with Crippen molar-refractivity contribution < 1.29 is 22.7 Å². The number of piperidine rings is 1. The molecule has 12 heteroatoms. The Morgan fingerprint density at radius 2 is 1.48 bits per heavy atom. The van der Waals surface area contributed by atoms with Crippen LogP contribution >= 0.6 is 23.2 Å². The first-order valence-corrected chi connectivity index (χ1v) is 17.8. The third-order valence-electron chi connectivity index (χ3n) is 8.32. The van der Waals surface area contributed by atoms with Gasteiger partial charge in [0, 0.05) is 40.5 Å². The number of nitrogens with zero attached hydrogens (tertiary/aromatic N) is 3. The van der Waals surface area contributed by atoms with Crippen LogP contribution in [0.1, 0.15) is 42.4 Å². The molecule has 1 aliphatic heterocycles. The van der Waals surface area contributed by atoms with E-state index in [0.29, 0.717) is 47.5 Å². The van der Waals surface area contributed by atoms with Crippen molar-refractivity contribution in [3.63, 3.8) is 0 Å². The van der Waals surface area contributed by atoms with E-state index in [2.05, 4.69) is 27.4 Å². The first-order chi connectivity index (χ1) is 23.2. The number of nitrogens with one attached hydrogen (secondary N) is 1. The summed E-state index contributed by atoms with van der Waals surface area (Å²) in [6, 6.07) is 28.0. The van der Waals surface area contributed by atoms with Crippen molar-refractivity contribution in [3.05, 3.63) is 124 Å². The van der Waals surface area contributed by atoms with Crippen molar-refractivity contribution in [3.8, 4) is 5.75 Å². The molecule has 248 valence electrons. The zero-order chi connectivity index (χ0) is 33.7. The SMILES string of the molecule is CCOC(=O)COc1ccc(S(=O)(=O)N2CCC(Nc3ncnc4ccc(C(c5ccc(Cl)cc5)c5ccc(Cl)cc5)cc34)CC2)cc1. The maximum atomic E-state index is 13.4. The van der Waals surface area contributed by atoms with Gasteiger partial charge in [0.1, 0.15) is 17.9 Å². The van der Waals surface area contributed by atoms with Crippen LogP contribution in [0, 0.1) is 0 Å². The first-order valence-electron chi connectivity index (χ1n) is 15.6. The number of benzene rings is 4. The summed E-state index contributed by atoms with van der Waals surface area (Å²) in [4.78, 5) is 20.8. The van der Waals surface area contributed by atoms with Crippen molar-refractivity contribution in [1.82, 2.24) is 14.3 Å². The number of aromatic nitrogens is 2. The average molecular weight is 706 g/mol. The average Bonchev–Trinajstić information content (AvgIpc) is 3.10. The molecular weight excluding hydrogens is 671 g/mol. The Hall–Kier alpha value is -4.22. The Morgan fingerprint density at radius 1 is 0.875 bits per heavy atom. The molecule has 0 atom stereocenters. The van der Waals surface area contributed by atoms with Crippen molar-refractivity contribution in [2.45, 2.75) is 36.6 Å². The molecule has 48 heavy (non-hydrogen) atoms. The van der Waals surface area contributed by atoms with Gasteiger partial charge in [-0.1, -0.05) is 53.5 Å². The molecule has 0 spiro atoms. The Bertz CT molecular complexity index is 1940. The minimum atomic E-state index is -3.71. The fourth-order valence-electron chi connectivity index (χ4n) is 5.89. The molecule has 1 N–H and O–H groups in total. The van der Waals surface area contributed by atoms with E-state index < -0.39 is 16.0 Å². The number of ether oxygens (including phenoxy) is 2. The van der Waals surface area contributed by atoms with Gasteiger partial charge in [-0.2, -0.15) is 4.31 Å². The monoisotopic (exact) mass is 704 g/mol. The summed E-state index contributed by atoms with van der Waals surface area (Å²) >= 11 is 12.4. The minimum absolute atomic E-state index is 0.0141. The highest BCUT2D eigenvalue weighted by molar-refractivity contribution is 7.89. The Morgan fingerprint density at radius 3 is 2.08 bits per heavy atom. The second kappa shape index (κ2) is 14.9. The lowest BCUT2D eigenvalue weighted by atomic mass is 9.84. The molecule has 1 saturated heterocycles. The number of halogens is 2. The standard InChI is InChI=1S/C36H34Cl2N4O5S/c1-2-46-34(43)22-47-30-12-14-31(15-13-30)48(44,45)42-19-17-29(18-20-42)41-36-32-21-26(7-16-33(32)39-23-40-36)35(24-3-8-27(37)9-4-24)25-5-10-28(38)11-6-25/h3-16,21,23,29,35H,2,17-20,22H2,1H3,(H,39,40,41). The van der Waals surface area contributed by atoms with Gasteiger partial charge in [-0.25, -0.2) is 23.2 Å². The smallest absolute Gasteiger partial charge is 0.344 e. The number of hydrogen-bond acceptors (Lipinski definition) is 8.